The summed E-state index contributed by atoms with van der Waals surface area (Å²) >= 11 is 2.29. The van der Waals surface area contributed by atoms with Gasteiger partial charge in [-0.05, 0) is 0 Å². The topological polar surface area (TPSA) is 39.4 Å². The average Bonchev–Trinajstić information content (AvgIpc) is 2.62. The first-order chi connectivity index (χ1) is 5.77. The SMILES string of the molecule is O=C1OCc2c3oc(c21)C(I)C3. The number of carbonyl (C=O) groups excluding carboxylic acids is 1. The van der Waals surface area contributed by atoms with E-state index in [2.05, 4.69) is 22.6 Å². The van der Waals surface area contributed by atoms with Gasteiger partial charge in [-0.25, -0.2) is 4.79 Å². The van der Waals surface area contributed by atoms with Crippen LogP contribution in [0.1, 0.15) is 31.4 Å². The molecule has 2 aliphatic rings. The molecule has 4 heteroatoms. The largest absolute Gasteiger partial charge is 0.464 e. The van der Waals surface area contributed by atoms with Gasteiger partial charge in [-0.15, -0.1) is 0 Å². The molecule has 1 atom stereocenters. The van der Waals surface area contributed by atoms with Gasteiger partial charge in [-0.3, -0.25) is 0 Å². The van der Waals surface area contributed by atoms with Gasteiger partial charge in [0.2, 0.25) is 0 Å². The number of hydrogen-bond acceptors (Lipinski definition) is 3. The number of cyclic esters (lactones) is 1. The number of rotatable bonds is 0. The van der Waals surface area contributed by atoms with E-state index in [0.717, 1.165) is 23.5 Å². The van der Waals surface area contributed by atoms with E-state index in [-0.39, 0.29) is 5.97 Å². The van der Waals surface area contributed by atoms with Crippen LogP contribution in [0.2, 0.25) is 0 Å². The van der Waals surface area contributed by atoms with E-state index < -0.39 is 0 Å². The van der Waals surface area contributed by atoms with Crippen LogP contribution in [-0.4, -0.2) is 5.97 Å². The van der Waals surface area contributed by atoms with Crippen molar-refractivity contribution in [3.63, 3.8) is 0 Å². The monoisotopic (exact) mass is 276 g/mol. The standard InChI is InChI=1S/C8H5IO3/c9-4-1-5-3-2-11-8(10)6(3)7(4)12-5/h4H,1-2H2. The lowest BCUT2D eigenvalue weighted by Crippen LogP contribution is -2.01. The zero-order valence-corrected chi connectivity index (χ0v) is 8.25. The highest BCUT2D eigenvalue weighted by atomic mass is 127. The third-order valence-corrected chi connectivity index (χ3v) is 3.32. The molecule has 1 aromatic heterocycles. The fraction of sp³-hybridized carbons (Fsp3) is 0.375. The van der Waals surface area contributed by atoms with Gasteiger partial charge in [-0.1, -0.05) is 22.6 Å². The molecular formula is C8H5IO3. The van der Waals surface area contributed by atoms with Crippen LogP contribution in [0.5, 0.6) is 0 Å². The summed E-state index contributed by atoms with van der Waals surface area (Å²) in [5, 5.41) is 0. The Balaban J connectivity index is 2.30. The summed E-state index contributed by atoms with van der Waals surface area (Å²) in [5.41, 5.74) is 1.69. The molecule has 0 saturated heterocycles. The predicted octanol–water partition coefficient (Wildman–Crippen LogP) is 1.98. The highest BCUT2D eigenvalue weighted by Crippen LogP contribution is 2.45. The molecule has 12 heavy (non-hydrogen) atoms. The Hall–Kier alpha value is -0.520. The Bertz CT molecular complexity index is 380. The third-order valence-electron chi connectivity index (χ3n) is 2.32. The second-order valence-corrected chi connectivity index (χ2v) is 4.49. The molecule has 1 unspecified atom stereocenters. The Morgan fingerprint density at radius 1 is 1.50 bits per heavy atom. The summed E-state index contributed by atoms with van der Waals surface area (Å²) in [4.78, 5) is 11.2. The molecule has 0 radical (unpaired) electrons. The van der Waals surface area contributed by atoms with Crippen molar-refractivity contribution < 1.29 is 13.9 Å². The van der Waals surface area contributed by atoms with Gasteiger partial charge in [-0.2, -0.15) is 0 Å². The second-order valence-electron chi connectivity index (χ2n) is 2.99. The van der Waals surface area contributed by atoms with Gasteiger partial charge in [0, 0.05) is 12.0 Å². The van der Waals surface area contributed by atoms with Crippen molar-refractivity contribution in [1.82, 2.24) is 0 Å². The van der Waals surface area contributed by atoms with Gasteiger partial charge in [0.1, 0.15) is 23.7 Å². The van der Waals surface area contributed by atoms with E-state index in [1.807, 2.05) is 0 Å². The number of esters is 1. The van der Waals surface area contributed by atoms with E-state index in [1.165, 1.54) is 0 Å². The quantitative estimate of drug-likeness (QED) is 0.413. The Kier molecular flexibility index (Phi) is 1.18. The van der Waals surface area contributed by atoms with Crippen molar-refractivity contribution in [2.45, 2.75) is 17.0 Å². The maximum Gasteiger partial charge on any atom is 0.342 e. The first kappa shape index (κ1) is 6.94. The molecule has 3 nitrogen and oxygen atoms in total. The first-order valence-electron chi connectivity index (χ1n) is 3.73. The fourth-order valence-corrected chi connectivity index (χ4v) is 2.60. The van der Waals surface area contributed by atoms with E-state index >= 15 is 0 Å². The van der Waals surface area contributed by atoms with Gasteiger partial charge >= 0.3 is 5.97 Å². The number of ether oxygens (including phenoxy) is 1. The van der Waals surface area contributed by atoms with Crippen LogP contribution in [0.25, 0.3) is 0 Å². The van der Waals surface area contributed by atoms with Crippen molar-refractivity contribution in [1.29, 1.82) is 0 Å². The summed E-state index contributed by atoms with van der Waals surface area (Å²) < 4.78 is 10.7. The zero-order chi connectivity index (χ0) is 8.29. The molecule has 0 spiro atoms. The molecule has 2 bridgehead atoms. The van der Waals surface area contributed by atoms with Crippen molar-refractivity contribution in [3.8, 4) is 0 Å². The Morgan fingerprint density at radius 3 is 3.17 bits per heavy atom. The van der Waals surface area contributed by atoms with Crippen molar-refractivity contribution in [2.24, 2.45) is 0 Å². The highest BCUT2D eigenvalue weighted by molar-refractivity contribution is 14.1. The van der Waals surface area contributed by atoms with E-state index in [9.17, 15) is 4.79 Å². The number of carbonyl (C=O) groups is 1. The lowest BCUT2D eigenvalue weighted by Gasteiger charge is -2.01. The van der Waals surface area contributed by atoms with Crippen LogP contribution in [0.4, 0.5) is 0 Å². The smallest absolute Gasteiger partial charge is 0.342 e. The minimum absolute atomic E-state index is 0.212. The molecule has 0 fully saturated rings. The number of halogens is 1. The van der Waals surface area contributed by atoms with Gasteiger partial charge < -0.3 is 9.15 Å². The van der Waals surface area contributed by atoms with Crippen LogP contribution in [-0.2, 0) is 17.8 Å². The van der Waals surface area contributed by atoms with Crippen LogP contribution in [0, 0.1) is 0 Å². The van der Waals surface area contributed by atoms with Gasteiger partial charge in [0.05, 0.1) is 3.92 Å². The second kappa shape index (κ2) is 2.04. The Labute approximate surface area is 82.2 Å². The molecule has 0 aliphatic carbocycles. The molecule has 3 rings (SSSR count). The maximum absolute atomic E-state index is 11.2. The number of hydrogen-bond donors (Lipinski definition) is 0. The fourth-order valence-electron chi connectivity index (χ4n) is 1.76. The summed E-state index contributed by atoms with van der Waals surface area (Å²) in [6.07, 6.45) is 0.922. The van der Waals surface area contributed by atoms with Gasteiger partial charge in [0.15, 0.2) is 0 Å². The molecule has 0 N–H and O–H groups in total. The van der Waals surface area contributed by atoms with Crippen molar-refractivity contribution in [2.75, 3.05) is 0 Å². The van der Waals surface area contributed by atoms with Crippen molar-refractivity contribution >= 4 is 28.6 Å². The highest BCUT2D eigenvalue weighted by Gasteiger charge is 2.40. The van der Waals surface area contributed by atoms with Crippen LogP contribution < -0.4 is 0 Å². The summed E-state index contributed by atoms with van der Waals surface area (Å²) in [5.74, 6) is 1.56. The van der Waals surface area contributed by atoms with Crippen molar-refractivity contribution in [3.05, 3.63) is 22.6 Å². The summed E-state index contributed by atoms with van der Waals surface area (Å²) in [6.45, 7) is 0.413. The van der Waals surface area contributed by atoms with Crippen LogP contribution in [0.3, 0.4) is 0 Å². The molecule has 1 aromatic rings. The predicted molar refractivity (Wildman–Crippen MR) is 48.3 cm³/mol. The first-order valence-corrected chi connectivity index (χ1v) is 4.97. The molecule has 3 heterocycles. The third kappa shape index (κ3) is 0.646. The number of alkyl halides is 1. The molecular weight excluding hydrogens is 271 g/mol. The average molecular weight is 276 g/mol. The lowest BCUT2D eigenvalue weighted by molar-refractivity contribution is 0.0529. The van der Waals surface area contributed by atoms with E-state index in [0.29, 0.717) is 16.1 Å². The minimum Gasteiger partial charge on any atom is -0.464 e. The number of fused-ring (bicyclic) bond motifs is 5. The van der Waals surface area contributed by atoms with E-state index in [4.69, 9.17) is 9.15 Å². The number of furan rings is 1. The Morgan fingerprint density at radius 2 is 2.33 bits per heavy atom. The molecule has 0 amide bonds. The summed E-state index contributed by atoms with van der Waals surface area (Å²) in [6, 6.07) is 0. The van der Waals surface area contributed by atoms with Crippen LogP contribution in [0.15, 0.2) is 4.42 Å². The normalized spacial score (nSPS) is 24.4. The zero-order valence-electron chi connectivity index (χ0n) is 6.09. The lowest BCUT2D eigenvalue weighted by atomic mass is 10.0. The van der Waals surface area contributed by atoms with Crippen LogP contribution >= 0.6 is 22.6 Å². The summed E-state index contributed by atoms with van der Waals surface area (Å²) in [7, 11) is 0. The van der Waals surface area contributed by atoms with E-state index in [1.54, 1.807) is 0 Å². The van der Waals surface area contributed by atoms with Gasteiger partial charge in [0.25, 0.3) is 0 Å². The minimum atomic E-state index is -0.212. The maximum atomic E-state index is 11.2. The molecule has 0 aromatic carbocycles. The molecule has 62 valence electrons. The molecule has 2 aliphatic heterocycles. The molecule has 0 saturated carbocycles.